The second kappa shape index (κ2) is 5.01. The van der Waals surface area contributed by atoms with Crippen molar-refractivity contribution >= 4 is 16.5 Å². The van der Waals surface area contributed by atoms with Crippen molar-refractivity contribution in [1.29, 1.82) is 0 Å². The van der Waals surface area contributed by atoms with Crippen LogP contribution in [-0.4, -0.2) is 4.98 Å². The number of hydrogen-bond acceptors (Lipinski definition) is 3. The number of anilines is 1. The third-order valence-electron chi connectivity index (χ3n) is 4.14. The van der Waals surface area contributed by atoms with Crippen molar-refractivity contribution < 1.29 is 0 Å². The van der Waals surface area contributed by atoms with Gasteiger partial charge in [0.2, 0.25) is 0 Å². The lowest BCUT2D eigenvalue weighted by Crippen LogP contribution is -2.06. The van der Waals surface area contributed by atoms with Crippen LogP contribution in [-0.2, 0) is 12.8 Å². The number of fused-ring (bicyclic) bond motifs is 2. The highest BCUT2D eigenvalue weighted by Gasteiger charge is 2.27. The van der Waals surface area contributed by atoms with Gasteiger partial charge in [-0.2, -0.15) is 0 Å². The van der Waals surface area contributed by atoms with Gasteiger partial charge in [0.05, 0.1) is 11.6 Å². The molecule has 2 nitrogen and oxygen atoms in total. The van der Waals surface area contributed by atoms with E-state index in [4.69, 9.17) is 5.73 Å². The third kappa shape index (κ3) is 2.14. The summed E-state index contributed by atoms with van der Waals surface area (Å²) in [5, 5.41) is 0.681. The topological polar surface area (TPSA) is 38.9 Å². The molecule has 3 heteroatoms. The molecule has 1 unspecified atom stereocenters. The Labute approximate surface area is 128 Å². The van der Waals surface area contributed by atoms with Crippen LogP contribution in [0.4, 0.5) is 5.13 Å². The molecule has 2 N–H and O–H groups in total. The Kier molecular flexibility index (Phi) is 3.00. The first kappa shape index (κ1) is 12.6. The number of nitrogens with zero attached hydrogens (tertiary/aromatic N) is 1. The number of aryl methyl sites for hydroxylation is 2. The molecule has 0 saturated heterocycles. The molecule has 0 saturated carbocycles. The number of aromatic nitrogens is 1. The number of benzene rings is 2. The molecule has 0 radical (unpaired) electrons. The van der Waals surface area contributed by atoms with Gasteiger partial charge < -0.3 is 5.73 Å². The molecular weight excluding hydrogens is 276 g/mol. The van der Waals surface area contributed by atoms with E-state index in [0.29, 0.717) is 5.13 Å². The molecule has 0 bridgehead atoms. The zero-order chi connectivity index (χ0) is 14.2. The van der Waals surface area contributed by atoms with Gasteiger partial charge in [-0.05, 0) is 29.5 Å². The van der Waals surface area contributed by atoms with Gasteiger partial charge >= 0.3 is 0 Å². The van der Waals surface area contributed by atoms with Crippen molar-refractivity contribution in [3.63, 3.8) is 0 Å². The van der Waals surface area contributed by atoms with Crippen LogP contribution in [0.3, 0.4) is 0 Å². The molecule has 4 rings (SSSR count). The number of rotatable bonds is 1. The largest absolute Gasteiger partial charge is 0.375 e. The van der Waals surface area contributed by atoms with E-state index in [9.17, 15) is 0 Å². The maximum Gasteiger partial charge on any atom is 0.180 e. The summed E-state index contributed by atoms with van der Waals surface area (Å²) in [5.41, 5.74) is 11.2. The van der Waals surface area contributed by atoms with Gasteiger partial charge in [-0.3, -0.25) is 0 Å². The predicted molar refractivity (Wildman–Crippen MR) is 87.8 cm³/mol. The Morgan fingerprint density at radius 1 is 0.952 bits per heavy atom. The monoisotopic (exact) mass is 292 g/mol. The number of nitrogen functional groups attached to an aromatic ring is 1. The molecule has 0 aliphatic heterocycles. The molecule has 2 aromatic carbocycles. The molecule has 3 aromatic rings. The van der Waals surface area contributed by atoms with Crippen molar-refractivity contribution in [1.82, 2.24) is 4.98 Å². The summed E-state index contributed by atoms with van der Waals surface area (Å²) >= 11 is 1.64. The molecule has 1 heterocycles. The molecule has 1 aliphatic rings. The average molecular weight is 292 g/mol. The van der Waals surface area contributed by atoms with Crippen LogP contribution in [0.2, 0.25) is 0 Å². The van der Waals surface area contributed by atoms with E-state index in [-0.39, 0.29) is 5.92 Å². The first-order valence-electron chi connectivity index (χ1n) is 7.21. The molecule has 104 valence electrons. The van der Waals surface area contributed by atoms with Crippen LogP contribution >= 0.6 is 11.3 Å². The molecule has 21 heavy (non-hydrogen) atoms. The highest BCUT2D eigenvalue weighted by Crippen LogP contribution is 2.40. The lowest BCUT2D eigenvalue weighted by atomic mass is 9.86. The fourth-order valence-corrected chi connectivity index (χ4v) is 4.08. The van der Waals surface area contributed by atoms with Gasteiger partial charge in [-0.25, -0.2) is 4.98 Å². The highest BCUT2D eigenvalue weighted by atomic mass is 32.1. The zero-order valence-electron chi connectivity index (χ0n) is 11.6. The molecule has 1 atom stereocenters. The highest BCUT2D eigenvalue weighted by molar-refractivity contribution is 7.15. The van der Waals surface area contributed by atoms with Crippen molar-refractivity contribution in [3.8, 4) is 0 Å². The fraction of sp³-hybridized carbons (Fsp3) is 0.167. The molecule has 0 fully saturated rings. The molecule has 1 aromatic heterocycles. The SMILES string of the molecule is Nc1nc2c(s1)CCc1ccccc1C2c1ccccc1. The van der Waals surface area contributed by atoms with Crippen LogP contribution < -0.4 is 5.73 Å². The van der Waals surface area contributed by atoms with Gasteiger partial charge in [-0.1, -0.05) is 54.6 Å². The van der Waals surface area contributed by atoms with E-state index >= 15 is 0 Å². The van der Waals surface area contributed by atoms with Gasteiger partial charge in [-0.15, -0.1) is 11.3 Å². The number of thiazole rings is 1. The minimum absolute atomic E-state index is 0.202. The zero-order valence-corrected chi connectivity index (χ0v) is 12.4. The Morgan fingerprint density at radius 2 is 1.71 bits per heavy atom. The quantitative estimate of drug-likeness (QED) is 0.736. The van der Waals surface area contributed by atoms with Crippen molar-refractivity contribution in [2.75, 3.05) is 5.73 Å². The molecule has 0 spiro atoms. The van der Waals surface area contributed by atoms with Crippen molar-refractivity contribution in [2.24, 2.45) is 0 Å². The van der Waals surface area contributed by atoms with Gasteiger partial charge in [0.1, 0.15) is 0 Å². The summed E-state index contributed by atoms with van der Waals surface area (Å²) in [6.45, 7) is 0. The fourth-order valence-electron chi connectivity index (χ4n) is 3.21. The van der Waals surface area contributed by atoms with Crippen molar-refractivity contribution in [3.05, 3.63) is 81.9 Å². The summed E-state index contributed by atoms with van der Waals surface area (Å²) in [6.07, 6.45) is 2.10. The number of nitrogens with two attached hydrogens (primary N) is 1. The molecule has 0 amide bonds. The summed E-state index contributed by atoms with van der Waals surface area (Å²) in [6, 6.07) is 19.3. The van der Waals surface area contributed by atoms with Crippen LogP contribution in [0.5, 0.6) is 0 Å². The minimum atomic E-state index is 0.202. The van der Waals surface area contributed by atoms with Gasteiger partial charge in [0.15, 0.2) is 5.13 Å². The van der Waals surface area contributed by atoms with E-state index in [1.807, 2.05) is 0 Å². The second-order valence-electron chi connectivity index (χ2n) is 5.40. The lowest BCUT2D eigenvalue weighted by Gasteiger charge is -2.18. The average Bonchev–Trinajstić information content (AvgIpc) is 2.81. The van der Waals surface area contributed by atoms with E-state index in [1.165, 1.54) is 21.6 Å². The van der Waals surface area contributed by atoms with Crippen LogP contribution in [0.15, 0.2) is 54.6 Å². The Hall–Kier alpha value is -2.13. The summed E-state index contributed by atoms with van der Waals surface area (Å²) in [7, 11) is 0. The van der Waals surface area contributed by atoms with Gasteiger partial charge in [0, 0.05) is 4.88 Å². The van der Waals surface area contributed by atoms with Crippen LogP contribution in [0.1, 0.15) is 33.2 Å². The maximum atomic E-state index is 5.98. The number of hydrogen-bond donors (Lipinski definition) is 1. The normalized spacial score (nSPS) is 16.9. The Morgan fingerprint density at radius 3 is 2.57 bits per heavy atom. The van der Waals surface area contributed by atoms with Crippen LogP contribution in [0.25, 0.3) is 0 Å². The first-order valence-corrected chi connectivity index (χ1v) is 8.02. The third-order valence-corrected chi connectivity index (χ3v) is 5.10. The first-order chi connectivity index (χ1) is 10.3. The maximum absolute atomic E-state index is 5.98. The van der Waals surface area contributed by atoms with Gasteiger partial charge in [0.25, 0.3) is 0 Å². The van der Waals surface area contributed by atoms with Crippen LogP contribution in [0, 0.1) is 0 Å². The summed E-state index contributed by atoms with van der Waals surface area (Å²) < 4.78 is 0. The Bertz CT molecular complexity index is 777. The van der Waals surface area contributed by atoms with Crippen molar-refractivity contribution in [2.45, 2.75) is 18.8 Å². The minimum Gasteiger partial charge on any atom is -0.375 e. The smallest absolute Gasteiger partial charge is 0.180 e. The summed E-state index contributed by atoms with van der Waals surface area (Å²) in [5.74, 6) is 0.202. The standard InChI is InChI=1S/C18H16N2S/c19-18-20-17-15(21-18)11-10-12-6-4-5-9-14(12)16(17)13-7-2-1-3-8-13/h1-9,16H,10-11H2,(H2,19,20). The van der Waals surface area contributed by atoms with E-state index in [0.717, 1.165) is 18.5 Å². The van der Waals surface area contributed by atoms with E-state index < -0.39 is 0 Å². The molecular formula is C18H16N2S. The lowest BCUT2D eigenvalue weighted by molar-refractivity contribution is 0.926. The predicted octanol–water partition coefficient (Wildman–Crippen LogP) is 4.00. The second-order valence-corrected chi connectivity index (χ2v) is 6.52. The molecule has 1 aliphatic carbocycles. The van der Waals surface area contributed by atoms with E-state index in [1.54, 1.807) is 11.3 Å². The summed E-state index contributed by atoms with van der Waals surface area (Å²) in [4.78, 5) is 6.00. The van der Waals surface area contributed by atoms with E-state index in [2.05, 4.69) is 59.6 Å². The Balaban J connectivity index is 1.98.